The summed E-state index contributed by atoms with van der Waals surface area (Å²) in [5.41, 5.74) is 3.06. The molecular weight excluding hydrogens is 338 g/mol. The molecule has 0 radical (unpaired) electrons. The number of hydrogen-bond donors (Lipinski definition) is 0. The summed E-state index contributed by atoms with van der Waals surface area (Å²) in [5, 5.41) is 10.3. The van der Waals surface area contributed by atoms with E-state index in [1.54, 1.807) is 23.1 Å². The zero-order valence-electron chi connectivity index (χ0n) is 12.6. The van der Waals surface area contributed by atoms with Crippen molar-refractivity contribution >= 4 is 23.1 Å². The lowest BCUT2D eigenvalue weighted by molar-refractivity contribution is 0.528. The van der Waals surface area contributed by atoms with Gasteiger partial charge in [-0.1, -0.05) is 60.3 Å². The molecule has 2 heterocycles. The molecule has 0 aliphatic carbocycles. The zero-order chi connectivity index (χ0) is 16.2. The maximum absolute atomic E-state index is 5.72. The van der Waals surface area contributed by atoms with Gasteiger partial charge >= 0.3 is 0 Å². The van der Waals surface area contributed by atoms with Crippen LogP contribution in [0.5, 0.6) is 0 Å². The van der Waals surface area contributed by atoms with E-state index in [-0.39, 0.29) is 0 Å². The minimum Gasteiger partial charge on any atom is -0.420 e. The van der Waals surface area contributed by atoms with E-state index in [1.165, 1.54) is 0 Å². The van der Waals surface area contributed by atoms with Gasteiger partial charge in [-0.05, 0) is 12.1 Å². The maximum Gasteiger partial charge on any atom is 0.247 e. The molecule has 0 bridgehead atoms. The molecule has 4 aromatic rings. The molecule has 0 saturated heterocycles. The molecule has 6 heteroatoms. The van der Waals surface area contributed by atoms with Gasteiger partial charge in [0.2, 0.25) is 11.8 Å². The lowest BCUT2D eigenvalue weighted by atomic mass is 10.2. The summed E-state index contributed by atoms with van der Waals surface area (Å²) in [5.74, 6) is 1.77. The lowest BCUT2D eigenvalue weighted by Crippen LogP contribution is -1.81. The van der Waals surface area contributed by atoms with Crippen LogP contribution in [0.3, 0.4) is 0 Å². The molecule has 0 N–H and O–H groups in total. The molecule has 0 spiro atoms. The highest BCUT2D eigenvalue weighted by molar-refractivity contribution is 8.00. The predicted molar refractivity (Wildman–Crippen MR) is 96.8 cm³/mol. The summed E-state index contributed by atoms with van der Waals surface area (Å²) in [4.78, 5) is 4.65. The lowest BCUT2D eigenvalue weighted by Gasteiger charge is -1.95. The van der Waals surface area contributed by atoms with Crippen molar-refractivity contribution in [3.63, 3.8) is 0 Å². The molecular formula is C18H13N3OS2. The standard InChI is InChI=1S/C18H13N3OS2/c1-3-7-13(8-4-1)15-11-23-18(19-15)24-12-16-20-21-17(22-16)14-9-5-2-6-10-14/h1-11H,12H2. The van der Waals surface area contributed by atoms with Crippen molar-refractivity contribution in [1.29, 1.82) is 0 Å². The molecule has 2 aromatic carbocycles. The van der Waals surface area contributed by atoms with E-state index in [0.29, 0.717) is 17.5 Å². The molecule has 0 atom stereocenters. The Morgan fingerprint density at radius 1 is 0.875 bits per heavy atom. The van der Waals surface area contributed by atoms with Gasteiger partial charge in [0.15, 0.2) is 4.34 Å². The van der Waals surface area contributed by atoms with Crippen LogP contribution in [-0.4, -0.2) is 15.2 Å². The Bertz CT molecular complexity index is 842. The first-order valence-electron chi connectivity index (χ1n) is 7.40. The second-order valence-corrected chi connectivity index (χ2v) is 7.10. The van der Waals surface area contributed by atoms with Gasteiger partial charge in [0, 0.05) is 16.5 Å². The summed E-state index contributed by atoms with van der Waals surface area (Å²) >= 11 is 3.24. The first-order chi connectivity index (χ1) is 11.9. The summed E-state index contributed by atoms with van der Waals surface area (Å²) in [7, 11) is 0. The van der Waals surface area contributed by atoms with Gasteiger partial charge in [0.1, 0.15) is 0 Å². The highest BCUT2D eigenvalue weighted by atomic mass is 32.2. The molecule has 118 valence electrons. The normalized spacial score (nSPS) is 10.8. The Kier molecular flexibility index (Phi) is 4.40. The smallest absolute Gasteiger partial charge is 0.247 e. The van der Waals surface area contributed by atoms with Gasteiger partial charge in [-0.2, -0.15) is 0 Å². The van der Waals surface area contributed by atoms with Crippen molar-refractivity contribution in [3.8, 4) is 22.7 Å². The van der Waals surface area contributed by atoms with Crippen LogP contribution >= 0.6 is 23.1 Å². The quantitative estimate of drug-likeness (QED) is 0.465. The van der Waals surface area contributed by atoms with Crippen molar-refractivity contribution in [2.45, 2.75) is 10.1 Å². The van der Waals surface area contributed by atoms with Gasteiger partial charge < -0.3 is 4.42 Å². The summed E-state index contributed by atoms with van der Waals surface area (Å²) in [6.07, 6.45) is 0. The van der Waals surface area contributed by atoms with Gasteiger partial charge in [0.05, 0.1) is 11.4 Å². The fourth-order valence-electron chi connectivity index (χ4n) is 2.20. The fraction of sp³-hybridized carbons (Fsp3) is 0.0556. The van der Waals surface area contributed by atoms with E-state index < -0.39 is 0 Å². The van der Waals surface area contributed by atoms with Crippen LogP contribution in [0.25, 0.3) is 22.7 Å². The summed E-state index contributed by atoms with van der Waals surface area (Å²) in [6.45, 7) is 0. The number of aromatic nitrogens is 3. The van der Waals surface area contributed by atoms with Crippen molar-refractivity contribution < 1.29 is 4.42 Å². The van der Waals surface area contributed by atoms with Crippen molar-refractivity contribution in [2.75, 3.05) is 0 Å². The number of hydrogen-bond acceptors (Lipinski definition) is 6. The summed E-state index contributed by atoms with van der Waals surface area (Å²) in [6, 6.07) is 19.9. The first-order valence-corrected chi connectivity index (χ1v) is 9.26. The van der Waals surface area contributed by atoms with Crippen molar-refractivity contribution in [3.05, 3.63) is 71.9 Å². The fourth-order valence-corrected chi connectivity index (χ4v) is 3.87. The van der Waals surface area contributed by atoms with Gasteiger partial charge in [-0.3, -0.25) is 0 Å². The number of rotatable bonds is 5. The average molecular weight is 351 g/mol. The first kappa shape index (κ1) is 15.1. The van der Waals surface area contributed by atoms with E-state index in [4.69, 9.17) is 4.42 Å². The monoisotopic (exact) mass is 351 g/mol. The van der Waals surface area contributed by atoms with Gasteiger partial charge in [-0.25, -0.2) is 4.98 Å². The molecule has 4 nitrogen and oxygen atoms in total. The van der Waals surface area contributed by atoms with Crippen molar-refractivity contribution in [1.82, 2.24) is 15.2 Å². The molecule has 0 aliphatic heterocycles. The minimum atomic E-state index is 0.551. The van der Waals surface area contributed by atoms with E-state index in [1.807, 2.05) is 48.5 Å². The third kappa shape index (κ3) is 3.39. The van der Waals surface area contributed by atoms with E-state index in [2.05, 4.69) is 32.7 Å². The average Bonchev–Trinajstić information content (AvgIpc) is 3.31. The number of thiazole rings is 1. The molecule has 0 unspecified atom stereocenters. The second kappa shape index (κ2) is 6.98. The van der Waals surface area contributed by atoms with E-state index in [0.717, 1.165) is 21.2 Å². The highest BCUT2D eigenvalue weighted by Crippen LogP contribution is 2.30. The second-order valence-electron chi connectivity index (χ2n) is 5.02. The third-order valence-corrected chi connectivity index (χ3v) is 5.37. The molecule has 24 heavy (non-hydrogen) atoms. The molecule has 4 rings (SSSR count). The number of nitrogens with zero attached hydrogens (tertiary/aromatic N) is 3. The number of benzene rings is 2. The largest absolute Gasteiger partial charge is 0.420 e. The minimum absolute atomic E-state index is 0.551. The molecule has 0 aliphatic rings. The van der Waals surface area contributed by atoms with Crippen LogP contribution < -0.4 is 0 Å². The Hall–Kier alpha value is -2.44. The molecule has 0 amide bonds. The molecule has 2 aromatic heterocycles. The molecule has 0 fully saturated rings. The van der Waals surface area contributed by atoms with Crippen LogP contribution in [-0.2, 0) is 5.75 Å². The molecule has 0 saturated carbocycles. The van der Waals surface area contributed by atoms with Crippen LogP contribution in [0.15, 0.2) is 74.8 Å². The Morgan fingerprint density at radius 3 is 2.33 bits per heavy atom. The van der Waals surface area contributed by atoms with Crippen LogP contribution in [0, 0.1) is 0 Å². The Labute approximate surface area is 147 Å². The van der Waals surface area contributed by atoms with E-state index in [9.17, 15) is 0 Å². The predicted octanol–water partition coefficient (Wildman–Crippen LogP) is 5.15. The Morgan fingerprint density at radius 2 is 1.58 bits per heavy atom. The number of thioether (sulfide) groups is 1. The van der Waals surface area contributed by atoms with Crippen molar-refractivity contribution in [2.24, 2.45) is 0 Å². The summed E-state index contributed by atoms with van der Waals surface area (Å²) < 4.78 is 6.71. The van der Waals surface area contributed by atoms with Gasteiger partial charge in [-0.15, -0.1) is 21.5 Å². The topological polar surface area (TPSA) is 51.8 Å². The SMILES string of the molecule is c1ccc(-c2csc(SCc3nnc(-c4ccccc4)o3)n2)cc1. The van der Waals surface area contributed by atoms with Crippen LogP contribution in [0.1, 0.15) is 5.89 Å². The zero-order valence-corrected chi connectivity index (χ0v) is 14.3. The van der Waals surface area contributed by atoms with Crippen LogP contribution in [0.2, 0.25) is 0 Å². The Balaban J connectivity index is 1.43. The van der Waals surface area contributed by atoms with Crippen LogP contribution in [0.4, 0.5) is 0 Å². The highest BCUT2D eigenvalue weighted by Gasteiger charge is 2.10. The third-order valence-electron chi connectivity index (χ3n) is 3.36. The van der Waals surface area contributed by atoms with E-state index >= 15 is 0 Å². The maximum atomic E-state index is 5.72. The van der Waals surface area contributed by atoms with Gasteiger partial charge in [0.25, 0.3) is 0 Å².